The molecule has 8 aromatic rings. The first-order valence-corrected chi connectivity index (χ1v) is 22.2. The van der Waals surface area contributed by atoms with Crippen molar-refractivity contribution >= 4 is 0 Å². The van der Waals surface area contributed by atoms with Crippen LogP contribution in [0.3, 0.4) is 0 Å². The van der Waals surface area contributed by atoms with Gasteiger partial charge in [0.1, 0.15) is 81.2 Å². The lowest BCUT2D eigenvalue weighted by atomic mass is 9.69. The number of hydrogen-bond donors (Lipinski definition) is 10. The topological polar surface area (TPSA) is 230 Å². The zero-order valence-electron chi connectivity index (χ0n) is 36.3. The molecule has 0 aliphatic carbocycles. The summed E-state index contributed by atoms with van der Waals surface area (Å²) < 4.78 is 21.0. The summed E-state index contributed by atoms with van der Waals surface area (Å²) in [7, 11) is 0. The van der Waals surface area contributed by atoms with Crippen molar-refractivity contribution in [3.63, 3.8) is 0 Å². The maximum absolute atomic E-state index is 11.8. The number of phenols is 10. The molecule has 1 saturated heterocycles. The number of rotatable bonds is 8. The molecule has 10 N–H and O–H groups in total. The Morgan fingerprint density at radius 1 is 0.261 bits per heavy atom. The maximum atomic E-state index is 11.8. The van der Waals surface area contributed by atoms with Gasteiger partial charge in [0.05, 0.1) is 24.0 Å². The summed E-state index contributed by atoms with van der Waals surface area (Å²) in [5, 5.41) is 109. The summed E-state index contributed by atoms with van der Waals surface area (Å²) in [6, 6.07) is 40.9. The largest absolute Gasteiger partial charge is 0.508 e. The standard InChI is InChI=1S/C56H44O13/c57-33-9-1-27(2-10-33)53-47(31-17-37(61)21-38(62)18-31)49-43(23-41(65)25-45(49)67-53)51-52(56(30-7-15-36(60)16-8-30)69-55(51)29-5-13-35(59)14-6-29)44-24-42(66)26-46-50(44)48(32-19-39(63)22-40(64)20-32)54(68-46)28-3-11-34(58)12-4-28/h1-26,47-48,51-66H/t47-,48-,51+,52+,53+,54+,55-,56-/m1/s1. The van der Waals surface area contributed by atoms with Crippen LogP contribution in [0.25, 0.3) is 0 Å². The SMILES string of the molecule is Oc1ccc([C@H]2O[C@H](c3ccc(O)cc3)[C@@H](c3cc(O)cc4c3[C@@H](c3cc(O)cc(O)c3)[C@H](c3ccc(O)cc3)O4)[C@@H]2c2cc(O)cc3c2[C@@H](c2cc(O)cc(O)c2)[C@H](c2ccc(O)cc2)O3)cc1. The predicted octanol–water partition coefficient (Wildman–Crippen LogP) is 10.7. The quantitative estimate of drug-likeness (QED) is 0.0685. The summed E-state index contributed by atoms with van der Waals surface area (Å²) in [6.07, 6.45) is -3.42. The second-order valence-corrected chi connectivity index (χ2v) is 17.9. The Labute approximate surface area is 394 Å². The third kappa shape index (κ3) is 7.68. The Balaban J connectivity index is 1.21. The second-order valence-electron chi connectivity index (χ2n) is 17.9. The number of benzene rings is 8. The molecule has 0 spiro atoms. The molecule has 1 fully saturated rings. The highest BCUT2D eigenvalue weighted by Gasteiger charge is 2.53. The summed E-state index contributed by atoms with van der Waals surface area (Å²) in [4.78, 5) is 0. The molecule has 0 aromatic heterocycles. The van der Waals surface area contributed by atoms with Gasteiger partial charge in [0.25, 0.3) is 0 Å². The molecule has 11 rings (SSSR count). The minimum atomic E-state index is -0.886. The van der Waals surface area contributed by atoms with Crippen LogP contribution in [-0.4, -0.2) is 51.1 Å². The van der Waals surface area contributed by atoms with Gasteiger partial charge in [0.15, 0.2) is 0 Å². The molecule has 3 aliphatic heterocycles. The first-order valence-electron chi connectivity index (χ1n) is 22.2. The van der Waals surface area contributed by atoms with Gasteiger partial charge in [-0.2, -0.15) is 0 Å². The van der Waals surface area contributed by atoms with Crippen LogP contribution >= 0.6 is 0 Å². The molecule has 3 heterocycles. The van der Waals surface area contributed by atoms with E-state index in [0.717, 1.165) is 0 Å². The average molecular weight is 925 g/mol. The zero-order chi connectivity index (χ0) is 47.8. The lowest BCUT2D eigenvalue weighted by molar-refractivity contribution is 0.0366. The number of ether oxygens (including phenoxy) is 3. The summed E-state index contributed by atoms with van der Waals surface area (Å²) >= 11 is 0. The van der Waals surface area contributed by atoms with E-state index in [9.17, 15) is 51.1 Å². The van der Waals surface area contributed by atoms with Crippen LogP contribution in [0.1, 0.15) is 104 Å². The normalized spacial score (nSPS) is 22.4. The van der Waals surface area contributed by atoms with Crippen LogP contribution in [0, 0.1) is 0 Å². The number of fused-ring (bicyclic) bond motifs is 2. The van der Waals surface area contributed by atoms with Crippen molar-refractivity contribution in [2.24, 2.45) is 0 Å². The summed E-state index contributed by atoms with van der Waals surface area (Å²) in [6.45, 7) is 0. The first-order chi connectivity index (χ1) is 33.3. The third-order valence-corrected chi connectivity index (χ3v) is 13.6. The van der Waals surface area contributed by atoms with E-state index in [1.165, 1.54) is 72.8 Å². The lowest BCUT2D eigenvalue weighted by Crippen LogP contribution is -2.19. The Morgan fingerprint density at radius 3 is 0.841 bits per heavy atom. The van der Waals surface area contributed by atoms with Crippen LogP contribution in [0.15, 0.2) is 158 Å². The molecule has 8 aromatic carbocycles. The van der Waals surface area contributed by atoms with Gasteiger partial charge in [-0.15, -0.1) is 0 Å². The number of hydrogen-bond acceptors (Lipinski definition) is 13. The van der Waals surface area contributed by atoms with E-state index in [4.69, 9.17) is 14.2 Å². The molecule has 13 nitrogen and oxygen atoms in total. The van der Waals surface area contributed by atoms with Crippen LogP contribution in [0.4, 0.5) is 0 Å². The fourth-order valence-electron chi connectivity index (χ4n) is 10.8. The molecular weight excluding hydrogens is 881 g/mol. The van der Waals surface area contributed by atoms with Crippen molar-refractivity contribution in [3.05, 3.63) is 213 Å². The minimum absolute atomic E-state index is 0.00695. The zero-order valence-corrected chi connectivity index (χ0v) is 36.3. The molecule has 3 aliphatic rings. The van der Waals surface area contributed by atoms with E-state index < -0.39 is 48.1 Å². The highest BCUT2D eigenvalue weighted by molar-refractivity contribution is 5.63. The molecule has 0 amide bonds. The van der Waals surface area contributed by atoms with Gasteiger partial charge >= 0.3 is 0 Å². The van der Waals surface area contributed by atoms with Crippen molar-refractivity contribution in [2.75, 3.05) is 0 Å². The smallest absolute Gasteiger partial charge is 0.135 e. The molecule has 8 atom stereocenters. The van der Waals surface area contributed by atoms with E-state index in [2.05, 4.69) is 0 Å². The number of phenolic OH excluding ortho intramolecular Hbond substituents is 10. The second kappa shape index (κ2) is 16.6. The first kappa shape index (κ1) is 42.9. The molecule has 69 heavy (non-hydrogen) atoms. The van der Waals surface area contributed by atoms with E-state index in [0.29, 0.717) is 55.6 Å². The van der Waals surface area contributed by atoms with Gasteiger partial charge < -0.3 is 65.3 Å². The maximum Gasteiger partial charge on any atom is 0.135 e. The molecule has 0 saturated carbocycles. The Kier molecular flexibility index (Phi) is 10.3. The average Bonchev–Trinajstić information content (AvgIpc) is 4.01. The van der Waals surface area contributed by atoms with Crippen molar-refractivity contribution < 1.29 is 65.3 Å². The van der Waals surface area contributed by atoms with E-state index in [-0.39, 0.29) is 69.0 Å². The van der Waals surface area contributed by atoms with Gasteiger partial charge in [0, 0.05) is 47.2 Å². The van der Waals surface area contributed by atoms with E-state index in [1.54, 1.807) is 84.9 Å². The molecule has 13 heteroatoms. The highest BCUT2D eigenvalue weighted by Crippen LogP contribution is 2.66. The van der Waals surface area contributed by atoms with Crippen molar-refractivity contribution in [1.82, 2.24) is 0 Å². The third-order valence-electron chi connectivity index (χ3n) is 13.6. The fourth-order valence-corrected chi connectivity index (χ4v) is 10.8. The Morgan fingerprint density at radius 2 is 0.536 bits per heavy atom. The van der Waals surface area contributed by atoms with Crippen molar-refractivity contribution in [2.45, 2.75) is 48.1 Å². The molecular formula is C56H44O13. The fraction of sp³-hybridized carbons (Fsp3) is 0.143. The van der Waals surface area contributed by atoms with Gasteiger partial charge in [-0.1, -0.05) is 48.5 Å². The van der Waals surface area contributed by atoms with Crippen LogP contribution in [-0.2, 0) is 4.74 Å². The molecule has 0 bridgehead atoms. The van der Waals surface area contributed by atoms with Gasteiger partial charge in [0.2, 0.25) is 0 Å². The minimum Gasteiger partial charge on any atom is -0.508 e. The number of aromatic hydroxyl groups is 10. The van der Waals surface area contributed by atoms with E-state index >= 15 is 0 Å². The monoisotopic (exact) mass is 924 g/mol. The Hall–Kier alpha value is -8.68. The van der Waals surface area contributed by atoms with Crippen LogP contribution < -0.4 is 9.47 Å². The highest BCUT2D eigenvalue weighted by atomic mass is 16.5. The van der Waals surface area contributed by atoms with Crippen LogP contribution in [0.2, 0.25) is 0 Å². The van der Waals surface area contributed by atoms with Crippen molar-refractivity contribution in [3.8, 4) is 69.0 Å². The lowest BCUT2D eigenvalue weighted by Gasteiger charge is -2.31. The molecule has 346 valence electrons. The summed E-state index contributed by atoms with van der Waals surface area (Å²) in [5.74, 6) is -3.71. The van der Waals surface area contributed by atoms with Gasteiger partial charge in [-0.05, 0) is 129 Å². The van der Waals surface area contributed by atoms with Crippen molar-refractivity contribution in [1.29, 1.82) is 0 Å². The van der Waals surface area contributed by atoms with Gasteiger partial charge in [-0.3, -0.25) is 0 Å². The Bertz CT molecular complexity index is 2990. The molecule has 0 unspecified atom stereocenters. The van der Waals surface area contributed by atoms with Gasteiger partial charge in [-0.25, -0.2) is 0 Å². The predicted molar refractivity (Wildman–Crippen MR) is 251 cm³/mol. The van der Waals surface area contributed by atoms with Crippen LogP contribution in [0.5, 0.6) is 69.0 Å². The summed E-state index contributed by atoms with van der Waals surface area (Å²) in [5.41, 5.74) is 5.69. The van der Waals surface area contributed by atoms with E-state index in [1.807, 2.05) is 0 Å². The molecule has 0 radical (unpaired) electrons.